The molecule has 1 N–H and O–H groups in total. The third-order valence-electron chi connectivity index (χ3n) is 5.68. The monoisotopic (exact) mass is 462 g/mol. The third-order valence-corrected chi connectivity index (χ3v) is 7.40. The topological polar surface area (TPSA) is 76.5 Å². The third kappa shape index (κ3) is 4.41. The number of sulfonamides is 1. The number of aryl methyl sites for hydroxylation is 1. The molecular weight excluding hydrogens is 440 g/mol. The molecule has 0 bridgehead atoms. The number of hydrogen-bond acceptors (Lipinski definition) is 5. The highest BCUT2D eigenvalue weighted by molar-refractivity contribution is 7.89. The van der Waals surface area contributed by atoms with Crippen LogP contribution in [0.5, 0.6) is 0 Å². The van der Waals surface area contributed by atoms with Crippen LogP contribution in [0.4, 0.5) is 23.2 Å². The molecule has 2 aromatic rings. The average Bonchev–Trinajstić information content (AvgIpc) is 3.42. The summed E-state index contributed by atoms with van der Waals surface area (Å²) in [5, 5.41) is 2.89. The molecule has 0 aliphatic carbocycles. The number of rotatable bonds is 5. The first-order chi connectivity index (χ1) is 14.6. The van der Waals surface area contributed by atoms with Crippen LogP contribution in [0.1, 0.15) is 18.4 Å². The Balaban J connectivity index is 1.61. The second-order valence-electron chi connectivity index (χ2n) is 7.86. The smallest absolute Gasteiger partial charge is 0.381 e. The number of nitrogens with zero attached hydrogens (tertiary/aromatic N) is 3. The summed E-state index contributed by atoms with van der Waals surface area (Å²) in [6.07, 6.45) is -0.711. The van der Waals surface area contributed by atoms with Crippen molar-refractivity contribution in [3.05, 3.63) is 42.1 Å². The number of benzene rings is 1. The molecule has 7 nitrogen and oxygen atoms in total. The van der Waals surface area contributed by atoms with Crippen LogP contribution in [-0.4, -0.2) is 54.1 Å². The van der Waals surface area contributed by atoms with Gasteiger partial charge in [-0.25, -0.2) is 17.8 Å². The quantitative estimate of drug-likeness (QED) is 0.692. The van der Waals surface area contributed by atoms with E-state index in [0.717, 1.165) is 18.9 Å². The van der Waals surface area contributed by atoms with Gasteiger partial charge in [-0.3, -0.25) is 0 Å². The van der Waals surface area contributed by atoms with Gasteiger partial charge in [0.05, 0.1) is 18.0 Å². The first kappa shape index (κ1) is 22.0. The van der Waals surface area contributed by atoms with Gasteiger partial charge in [-0.2, -0.15) is 17.5 Å². The van der Waals surface area contributed by atoms with Gasteiger partial charge in [-0.1, -0.05) is 0 Å². The van der Waals surface area contributed by atoms with E-state index in [9.17, 15) is 26.0 Å². The van der Waals surface area contributed by atoms with Gasteiger partial charge in [0.2, 0.25) is 0 Å². The Morgan fingerprint density at radius 1 is 1.26 bits per heavy atom. The fourth-order valence-corrected chi connectivity index (χ4v) is 5.63. The molecule has 0 saturated carbocycles. The van der Waals surface area contributed by atoms with Crippen molar-refractivity contribution >= 4 is 15.7 Å². The lowest BCUT2D eigenvalue weighted by molar-refractivity contribution is -0.139. The highest BCUT2D eigenvalue weighted by atomic mass is 32.2. The highest BCUT2D eigenvalue weighted by Crippen LogP contribution is 2.36. The molecule has 2 saturated heterocycles. The fraction of sp³-hybridized carbons (Fsp3) is 0.526. The molecule has 170 valence electrons. The summed E-state index contributed by atoms with van der Waals surface area (Å²) in [6, 6.07) is 2.17. The Bertz CT molecular complexity index is 1050. The van der Waals surface area contributed by atoms with Crippen molar-refractivity contribution in [3.8, 4) is 0 Å². The molecule has 3 atom stereocenters. The van der Waals surface area contributed by atoms with Crippen molar-refractivity contribution in [1.29, 1.82) is 0 Å². The fourth-order valence-electron chi connectivity index (χ4n) is 4.16. The number of ether oxygens (including phenoxy) is 1. The molecule has 2 aliphatic heterocycles. The average molecular weight is 462 g/mol. The molecule has 0 radical (unpaired) electrons. The number of hydrogen-bond donors (Lipinski definition) is 1. The van der Waals surface area contributed by atoms with Crippen molar-refractivity contribution in [2.75, 3.05) is 25.0 Å². The Morgan fingerprint density at radius 3 is 2.65 bits per heavy atom. The van der Waals surface area contributed by atoms with E-state index in [4.69, 9.17) is 4.74 Å². The van der Waals surface area contributed by atoms with Crippen LogP contribution in [0.3, 0.4) is 0 Å². The van der Waals surface area contributed by atoms with Crippen molar-refractivity contribution in [2.45, 2.75) is 36.2 Å². The number of aromatic nitrogens is 2. The maximum atomic E-state index is 13.6. The van der Waals surface area contributed by atoms with E-state index in [1.165, 1.54) is 27.5 Å². The molecule has 2 fully saturated rings. The van der Waals surface area contributed by atoms with Crippen molar-refractivity contribution in [2.24, 2.45) is 13.0 Å². The molecule has 0 spiro atoms. The molecule has 4 rings (SSSR count). The summed E-state index contributed by atoms with van der Waals surface area (Å²) in [4.78, 5) is 3.93. The zero-order valence-electron chi connectivity index (χ0n) is 16.6. The summed E-state index contributed by atoms with van der Waals surface area (Å²) >= 11 is 0. The van der Waals surface area contributed by atoms with Gasteiger partial charge in [0.25, 0.3) is 10.0 Å². The largest absolute Gasteiger partial charge is 0.419 e. The molecule has 2 aliphatic rings. The first-order valence-electron chi connectivity index (χ1n) is 9.79. The van der Waals surface area contributed by atoms with Gasteiger partial charge in [0, 0.05) is 50.6 Å². The molecule has 12 heteroatoms. The number of anilines is 1. The maximum absolute atomic E-state index is 13.6. The molecular formula is C19H22F4N4O3S. The van der Waals surface area contributed by atoms with Crippen LogP contribution >= 0.6 is 0 Å². The summed E-state index contributed by atoms with van der Waals surface area (Å²) in [6.45, 7) is 0.729. The van der Waals surface area contributed by atoms with Crippen molar-refractivity contribution in [3.63, 3.8) is 0 Å². The second kappa shape index (κ2) is 8.06. The summed E-state index contributed by atoms with van der Waals surface area (Å²) in [5.41, 5.74) is -1.30. The summed E-state index contributed by atoms with van der Waals surface area (Å²) in [7, 11) is -2.22. The van der Waals surface area contributed by atoms with Crippen LogP contribution in [0.2, 0.25) is 0 Å². The Kier molecular flexibility index (Phi) is 5.73. The normalized spacial score (nSPS) is 25.3. The van der Waals surface area contributed by atoms with E-state index in [-0.39, 0.29) is 35.8 Å². The van der Waals surface area contributed by atoms with E-state index in [2.05, 4.69) is 10.3 Å². The molecule has 1 aromatic carbocycles. The van der Waals surface area contributed by atoms with E-state index < -0.39 is 33.6 Å². The van der Waals surface area contributed by atoms with Gasteiger partial charge in [0.15, 0.2) is 5.03 Å². The zero-order valence-corrected chi connectivity index (χ0v) is 17.5. The highest BCUT2D eigenvalue weighted by Gasteiger charge is 2.45. The summed E-state index contributed by atoms with van der Waals surface area (Å²) < 4.78 is 87.5. The van der Waals surface area contributed by atoms with Gasteiger partial charge in [-0.15, -0.1) is 0 Å². The van der Waals surface area contributed by atoms with Crippen LogP contribution in [0.25, 0.3) is 0 Å². The van der Waals surface area contributed by atoms with Crippen LogP contribution in [0, 0.1) is 11.7 Å². The molecule has 1 aromatic heterocycles. The van der Waals surface area contributed by atoms with Crippen molar-refractivity contribution in [1.82, 2.24) is 13.9 Å². The van der Waals surface area contributed by atoms with Gasteiger partial charge in [0.1, 0.15) is 5.82 Å². The number of halogens is 4. The lowest BCUT2D eigenvalue weighted by Gasteiger charge is -2.25. The number of alkyl halides is 3. The predicted octanol–water partition coefficient (Wildman–Crippen LogP) is 2.86. The van der Waals surface area contributed by atoms with Gasteiger partial charge in [-0.05, 0) is 31.0 Å². The zero-order chi connectivity index (χ0) is 22.4. The lowest BCUT2D eigenvalue weighted by atomic mass is 9.94. The number of imidazole rings is 1. The lowest BCUT2D eigenvalue weighted by Crippen LogP contribution is -2.35. The first-order valence-corrected chi connectivity index (χ1v) is 11.2. The van der Waals surface area contributed by atoms with Crippen LogP contribution in [-0.2, 0) is 28.0 Å². The van der Waals surface area contributed by atoms with Crippen LogP contribution < -0.4 is 5.32 Å². The minimum Gasteiger partial charge on any atom is -0.381 e. The van der Waals surface area contributed by atoms with Crippen molar-refractivity contribution < 1.29 is 30.7 Å². The minimum atomic E-state index is -4.83. The van der Waals surface area contributed by atoms with Gasteiger partial charge >= 0.3 is 6.18 Å². The molecule has 31 heavy (non-hydrogen) atoms. The van der Waals surface area contributed by atoms with Crippen LogP contribution in [0.15, 0.2) is 35.7 Å². The maximum Gasteiger partial charge on any atom is 0.419 e. The van der Waals surface area contributed by atoms with Gasteiger partial charge < -0.3 is 14.6 Å². The summed E-state index contributed by atoms with van der Waals surface area (Å²) in [5.74, 6) is -1.64. The Morgan fingerprint density at radius 2 is 2.03 bits per heavy atom. The minimum absolute atomic E-state index is 0.0299. The predicted molar refractivity (Wildman–Crippen MR) is 103 cm³/mol. The Hall–Kier alpha value is -2.18. The van der Waals surface area contributed by atoms with E-state index in [1.54, 1.807) is 7.05 Å². The van der Waals surface area contributed by atoms with E-state index >= 15 is 0 Å². The molecule has 0 amide bonds. The second-order valence-corrected chi connectivity index (χ2v) is 9.74. The van der Waals surface area contributed by atoms with E-state index in [1.807, 2.05) is 0 Å². The SMILES string of the molecule is Cn1cnc(S(=O)(=O)N2C[C@@H](Nc3ccc(F)c(C(F)(F)F)c3)[C@H](C3CCCO3)C2)c1. The molecule has 1 unspecified atom stereocenters. The number of nitrogens with one attached hydrogen (secondary N) is 1. The van der Waals surface area contributed by atoms with E-state index in [0.29, 0.717) is 12.7 Å². The molecule has 3 heterocycles. The Labute approximate surface area is 177 Å². The standard InChI is InChI=1S/C19H22F4N4O3S/c1-26-10-18(24-11-26)31(28,29)27-8-13(17-3-2-6-30-17)16(9-27)25-12-4-5-15(20)14(7-12)19(21,22)23/h4-5,7,10-11,13,16-17,25H,2-3,6,8-9H2,1H3/t13-,16-,17?/m1/s1.